The van der Waals surface area contributed by atoms with Crippen molar-refractivity contribution in [2.24, 2.45) is 0 Å². The summed E-state index contributed by atoms with van der Waals surface area (Å²) in [4.78, 5) is 46.3. The van der Waals surface area contributed by atoms with Crippen LogP contribution in [0.3, 0.4) is 0 Å². The molecule has 0 bridgehead atoms. The summed E-state index contributed by atoms with van der Waals surface area (Å²) in [5.41, 5.74) is 0.405. The van der Waals surface area contributed by atoms with E-state index in [1.54, 1.807) is 0 Å². The van der Waals surface area contributed by atoms with Gasteiger partial charge in [0.2, 0.25) is 0 Å². The lowest BCUT2D eigenvalue weighted by Gasteiger charge is -2.10. The first kappa shape index (κ1) is 12.2. The molecule has 0 fully saturated rings. The Morgan fingerprint density at radius 3 is 1.65 bits per heavy atom. The maximum Gasteiger partial charge on any atom is 0.340 e. The summed E-state index contributed by atoms with van der Waals surface area (Å²) >= 11 is 0. The Balaban J connectivity index is 2.17. The Labute approximate surface area is 112 Å². The van der Waals surface area contributed by atoms with Crippen LogP contribution in [0.25, 0.3) is 0 Å². The molecule has 1 aromatic rings. The molecule has 0 saturated heterocycles. The van der Waals surface area contributed by atoms with Crippen molar-refractivity contribution in [2.45, 2.75) is 0 Å². The van der Waals surface area contributed by atoms with Crippen LogP contribution in [-0.4, -0.2) is 37.0 Å². The highest BCUT2D eigenvalue weighted by Gasteiger charge is 2.27. The molecule has 1 aromatic carbocycles. The van der Waals surface area contributed by atoms with Crippen molar-refractivity contribution >= 4 is 35.1 Å². The number of cyclic esters (lactones) is 2. The highest BCUT2D eigenvalue weighted by atomic mass is 16.5. The number of carbonyl (C=O) groups excluding carboxylic acids is 4. The molecule has 0 atom stereocenters. The summed E-state index contributed by atoms with van der Waals surface area (Å²) in [5, 5.41) is 4.93. The van der Waals surface area contributed by atoms with Gasteiger partial charge in [-0.3, -0.25) is 9.59 Å². The maximum atomic E-state index is 11.7. The van der Waals surface area contributed by atoms with Crippen LogP contribution in [0, 0.1) is 0 Å². The molecule has 0 unspecified atom stereocenters. The standard InChI is InChI=1S/C12H8N2O6/c15-9-3-19-11(17)5-1-6-8(2-7(5)13-9)14-10(16)4-20-12(6)18/h1-2H,3-4H2,(H,13,15)(H,14,16). The monoisotopic (exact) mass is 276 g/mol. The smallest absolute Gasteiger partial charge is 0.340 e. The fourth-order valence-electron chi connectivity index (χ4n) is 1.93. The van der Waals surface area contributed by atoms with E-state index in [4.69, 9.17) is 9.47 Å². The van der Waals surface area contributed by atoms with Crippen molar-refractivity contribution in [1.29, 1.82) is 0 Å². The van der Waals surface area contributed by atoms with Gasteiger partial charge in [0.05, 0.1) is 22.5 Å². The molecule has 2 aliphatic heterocycles. The molecule has 20 heavy (non-hydrogen) atoms. The van der Waals surface area contributed by atoms with Crippen LogP contribution in [-0.2, 0) is 19.1 Å². The van der Waals surface area contributed by atoms with Crippen molar-refractivity contribution in [3.63, 3.8) is 0 Å². The first-order valence-electron chi connectivity index (χ1n) is 5.66. The second-order valence-corrected chi connectivity index (χ2v) is 4.19. The van der Waals surface area contributed by atoms with Gasteiger partial charge in [0.1, 0.15) is 0 Å². The number of hydrogen-bond acceptors (Lipinski definition) is 6. The van der Waals surface area contributed by atoms with Crippen LogP contribution in [0.15, 0.2) is 12.1 Å². The minimum Gasteiger partial charge on any atom is -0.452 e. The fraction of sp³-hybridized carbons (Fsp3) is 0.167. The first-order valence-corrected chi connectivity index (χ1v) is 5.66. The lowest BCUT2D eigenvalue weighted by Crippen LogP contribution is -2.16. The van der Waals surface area contributed by atoms with Gasteiger partial charge in [-0.2, -0.15) is 0 Å². The normalized spacial score (nSPS) is 17.6. The van der Waals surface area contributed by atoms with E-state index in [0.717, 1.165) is 0 Å². The number of nitrogens with one attached hydrogen (secondary N) is 2. The number of esters is 2. The molecule has 8 nitrogen and oxygen atoms in total. The van der Waals surface area contributed by atoms with Crippen LogP contribution in [0.1, 0.15) is 20.7 Å². The lowest BCUT2D eigenvalue weighted by molar-refractivity contribution is -0.119. The Morgan fingerprint density at radius 1 is 0.750 bits per heavy atom. The third-order valence-corrected chi connectivity index (χ3v) is 2.81. The minimum atomic E-state index is -0.732. The highest BCUT2D eigenvalue weighted by molar-refractivity contribution is 6.11. The number of hydrogen-bond donors (Lipinski definition) is 2. The van der Waals surface area contributed by atoms with Crippen LogP contribution in [0.5, 0.6) is 0 Å². The average Bonchev–Trinajstić information content (AvgIpc) is 2.63. The van der Waals surface area contributed by atoms with Gasteiger partial charge < -0.3 is 20.1 Å². The molecule has 2 heterocycles. The largest absolute Gasteiger partial charge is 0.452 e. The molecule has 2 N–H and O–H groups in total. The molecule has 0 spiro atoms. The SMILES string of the molecule is O=C1COC(=O)c2cc3c(cc2N1)NC(=O)COC3=O. The Bertz CT molecular complexity index is 613. The summed E-state index contributed by atoms with van der Waals surface area (Å²) in [6.45, 7) is -0.816. The van der Waals surface area contributed by atoms with E-state index in [0.29, 0.717) is 0 Å². The van der Waals surface area contributed by atoms with Crippen LogP contribution >= 0.6 is 0 Å². The Morgan fingerprint density at radius 2 is 1.20 bits per heavy atom. The topological polar surface area (TPSA) is 111 Å². The molecule has 3 rings (SSSR count). The van der Waals surface area contributed by atoms with Gasteiger partial charge in [0.15, 0.2) is 13.2 Å². The van der Waals surface area contributed by atoms with Gasteiger partial charge in [0, 0.05) is 0 Å². The van der Waals surface area contributed by atoms with E-state index >= 15 is 0 Å². The zero-order valence-corrected chi connectivity index (χ0v) is 10.0. The van der Waals surface area contributed by atoms with Gasteiger partial charge in [0.25, 0.3) is 11.8 Å². The van der Waals surface area contributed by atoms with Gasteiger partial charge >= 0.3 is 11.9 Å². The molecule has 102 valence electrons. The van der Waals surface area contributed by atoms with E-state index < -0.39 is 37.0 Å². The van der Waals surface area contributed by atoms with Crippen LogP contribution < -0.4 is 10.6 Å². The predicted molar refractivity (Wildman–Crippen MR) is 64.3 cm³/mol. The zero-order chi connectivity index (χ0) is 14.3. The quantitative estimate of drug-likeness (QED) is 0.640. The fourth-order valence-corrected chi connectivity index (χ4v) is 1.93. The second kappa shape index (κ2) is 4.34. The predicted octanol–water partition coefficient (Wildman–Crippen LogP) is -0.0956. The number of amides is 2. The van der Waals surface area contributed by atoms with E-state index in [1.165, 1.54) is 12.1 Å². The minimum absolute atomic E-state index is 0.0303. The summed E-state index contributed by atoms with van der Waals surface area (Å²) in [7, 11) is 0. The number of anilines is 2. The van der Waals surface area contributed by atoms with Crippen LogP contribution in [0.2, 0.25) is 0 Å². The van der Waals surface area contributed by atoms with Crippen molar-refractivity contribution < 1.29 is 28.7 Å². The number of fused-ring (bicyclic) bond motifs is 2. The first-order chi connectivity index (χ1) is 9.54. The van der Waals surface area contributed by atoms with E-state index in [-0.39, 0.29) is 22.5 Å². The molecule has 2 amide bonds. The molecule has 0 aromatic heterocycles. The van der Waals surface area contributed by atoms with Crippen molar-refractivity contribution in [2.75, 3.05) is 23.8 Å². The molecule has 8 heteroatoms. The third-order valence-electron chi connectivity index (χ3n) is 2.81. The van der Waals surface area contributed by atoms with Gasteiger partial charge in [-0.05, 0) is 12.1 Å². The third kappa shape index (κ3) is 1.96. The number of ether oxygens (including phenoxy) is 2. The average molecular weight is 276 g/mol. The lowest BCUT2D eigenvalue weighted by atomic mass is 10.1. The number of rotatable bonds is 0. The summed E-state index contributed by atoms with van der Waals surface area (Å²) < 4.78 is 9.46. The maximum absolute atomic E-state index is 11.7. The second-order valence-electron chi connectivity index (χ2n) is 4.19. The van der Waals surface area contributed by atoms with Gasteiger partial charge in [-0.15, -0.1) is 0 Å². The zero-order valence-electron chi connectivity index (χ0n) is 10.0. The molecule has 0 saturated carbocycles. The summed E-state index contributed by atoms with van der Waals surface area (Å²) in [6, 6.07) is 2.56. The van der Waals surface area contributed by atoms with Crippen molar-refractivity contribution in [3.05, 3.63) is 23.3 Å². The van der Waals surface area contributed by atoms with Crippen LogP contribution in [0.4, 0.5) is 11.4 Å². The summed E-state index contributed by atoms with van der Waals surface area (Å²) in [5.74, 6) is -2.46. The van der Waals surface area contributed by atoms with Crippen molar-refractivity contribution in [1.82, 2.24) is 0 Å². The molecule has 2 aliphatic rings. The Kier molecular flexibility index (Phi) is 2.63. The van der Waals surface area contributed by atoms with E-state index in [1.807, 2.05) is 0 Å². The van der Waals surface area contributed by atoms with Gasteiger partial charge in [-0.25, -0.2) is 9.59 Å². The number of benzene rings is 1. The Hall–Kier alpha value is -2.90. The van der Waals surface area contributed by atoms with E-state index in [9.17, 15) is 19.2 Å². The van der Waals surface area contributed by atoms with E-state index in [2.05, 4.69) is 10.6 Å². The summed E-state index contributed by atoms with van der Waals surface area (Å²) in [6.07, 6.45) is 0. The molecular weight excluding hydrogens is 268 g/mol. The molecule has 0 aliphatic carbocycles. The molecular formula is C12H8N2O6. The van der Waals surface area contributed by atoms with Crippen molar-refractivity contribution in [3.8, 4) is 0 Å². The molecule has 0 radical (unpaired) electrons. The van der Waals surface area contributed by atoms with Gasteiger partial charge in [-0.1, -0.05) is 0 Å². The number of carbonyl (C=O) groups is 4. The highest BCUT2D eigenvalue weighted by Crippen LogP contribution is 2.29.